The highest BCUT2D eigenvalue weighted by Crippen LogP contribution is 2.12. The Labute approximate surface area is 125 Å². The molecule has 0 aromatic heterocycles. The molecule has 0 heterocycles. The van der Waals surface area contributed by atoms with Crippen LogP contribution in [0.2, 0.25) is 0 Å². The Bertz CT molecular complexity index is 402. The van der Waals surface area contributed by atoms with E-state index < -0.39 is 29.1 Å². The second kappa shape index (κ2) is 9.97. The topological polar surface area (TPSA) is 122 Å². The lowest BCUT2D eigenvalue weighted by molar-refractivity contribution is -0.981. The molecular weight excluding hydrogens is 304 g/mol. The summed E-state index contributed by atoms with van der Waals surface area (Å²) < 4.78 is 4.79. The van der Waals surface area contributed by atoms with Crippen molar-refractivity contribution in [2.45, 2.75) is 39.3 Å². The molecular formula is C11H19N2O7S+. The summed E-state index contributed by atoms with van der Waals surface area (Å²) in [4.78, 5) is 48.7. The number of amides is 1. The molecule has 0 saturated heterocycles. The molecule has 0 radical (unpaired) electrons. The number of thioether (sulfide) groups is 1. The van der Waals surface area contributed by atoms with Crippen molar-refractivity contribution < 1.29 is 34.3 Å². The lowest BCUT2D eigenvalue weighted by Crippen LogP contribution is -2.43. The summed E-state index contributed by atoms with van der Waals surface area (Å²) in [6.45, 7) is 4.47. The number of hydrogen-bond acceptors (Lipinski definition) is 7. The van der Waals surface area contributed by atoms with Crippen molar-refractivity contribution in [1.82, 2.24) is 5.32 Å². The number of nitrogens with zero attached hydrogens (tertiary/aromatic N) is 1. The normalized spacial score (nSPS) is 12.9. The van der Waals surface area contributed by atoms with E-state index in [0.29, 0.717) is 0 Å². The molecule has 0 bridgehead atoms. The number of ether oxygens (including phenoxy) is 1. The molecule has 0 aliphatic rings. The molecule has 1 amide bonds. The molecule has 9 nitrogen and oxygen atoms in total. The van der Waals surface area contributed by atoms with Gasteiger partial charge in [-0.1, -0.05) is 11.8 Å². The lowest BCUT2D eigenvalue weighted by atomic mass is 10.3. The lowest BCUT2D eigenvalue weighted by Gasteiger charge is -2.15. The highest BCUT2D eigenvalue weighted by Gasteiger charge is 2.24. The Balaban J connectivity index is 4.33. The van der Waals surface area contributed by atoms with E-state index in [1.807, 2.05) is 0 Å². The van der Waals surface area contributed by atoms with Crippen LogP contribution in [0.4, 0.5) is 0 Å². The Morgan fingerprint density at radius 3 is 2.48 bits per heavy atom. The number of hydrogen-bond donors (Lipinski definition) is 2. The van der Waals surface area contributed by atoms with E-state index in [2.05, 4.69) is 10.2 Å². The minimum atomic E-state index is -0.929. The average Bonchev–Trinajstić information content (AvgIpc) is 2.32. The highest BCUT2D eigenvalue weighted by atomic mass is 32.2. The van der Waals surface area contributed by atoms with Gasteiger partial charge in [0.25, 0.3) is 0 Å². The van der Waals surface area contributed by atoms with E-state index in [1.54, 1.807) is 6.92 Å². The van der Waals surface area contributed by atoms with Crippen LogP contribution in [0.5, 0.6) is 0 Å². The standard InChI is InChI=1S/C11H18N2O7S/c1-4-19-11(16)9(12-8(3)14)6-21-10(15)5-7(2)20-13(17)18/h7,9H,4-6H2,1-3H3,(H-,12,14,17,18)/p+1/t7-,9-/m0/s1. The Morgan fingerprint density at radius 1 is 1.38 bits per heavy atom. The molecule has 0 rings (SSSR count). The van der Waals surface area contributed by atoms with Crippen molar-refractivity contribution in [2.75, 3.05) is 12.4 Å². The maximum Gasteiger partial charge on any atom is 0.475 e. The largest absolute Gasteiger partial charge is 0.475 e. The zero-order chi connectivity index (χ0) is 16.4. The van der Waals surface area contributed by atoms with Crippen molar-refractivity contribution in [1.29, 1.82) is 0 Å². The Hall–Kier alpha value is -1.84. The smallest absolute Gasteiger partial charge is 0.464 e. The fourth-order valence-electron chi connectivity index (χ4n) is 1.32. The number of carbonyl (C=O) groups excluding carboxylic acids is 3. The predicted octanol–water partition coefficient (Wildman–Crippen LogP) is 0.192. The van der Waals surface area contributed by atoms with Crippen molar-refractivity contribution in [3.05, 3.63) is 4.91 Å². The van der Waals surface area contributed by atoms with E-state index in [4.69, 9.17) is 9.94 Å². The van der Waals surface area contributed by atoms with Crippen LogP contribution < -0.4 is 5.32 Å². The van der Waals surface area contributed by atoms with Crippen LogP contribution in [-0.2, 0) is 24.0 Å². The average molecular weight is 323 g/mol. The molecule has 2 N–H and O–H groups in total. The predicted molar refractivity (Wildman–Crippen MR) is 72.3 cm³/mol. The van der Waals surface area contributed by atoms with Gasteiger partial charge in [0.15, 0.2) is 11.2 Å². The molecule has 0 aromatic carbocycles. The van der Waals surface area contributed by atoms with Crippen molar-refractivity contribution in [3.8, 4) is 0 Å². The number of rotatable bonds is 9. The Kier molecular flexibility index (Phi) is 9.10. The van der Waals surface area contributed by atoms with Crippen LogP contribution >= 0.6 is 11.8 Å². The molecule has 0 unspecified atom stereocenters. The fraction of sp³-hybridized carbons (Fsp3) is 0.727. The first-order chi connectivity index (χ1) is 9.76. The van der Waals surface area contributed by atoms with Gasteiger partial charge in [0.05, 0.1) is 13.0 Å². The first kappa shape index (κ1) is 19.2. The van der Waals surface area contributed by atoms with Crippen LogP contribution in [0.25, 0.3) is 0 Å². The molecule has 0 aromatic rings. The van der Waals surface area contributed by atoms with Gasteiger partial charge in [-0.25, -0.2) is 10.0 Å². The van der Waals surface area contributed by atoms with Crippen LogP contribution in [0, 0.1) is 4.91 Å². The van der Waals surface area contributed by atoms with E-state index in [9.17, 15) is 19.3 Å². The highest BCUT2D eigenvalue weighted by molar-refractivity contribution is 8.13. The monoisotopic (exact) mass is 323 g/mol. The van der Waals surface area contributed by atoms with E-state index in [0.717, 1.165) is 11.8 Å². The van der Waals surface area contributed by atoms with Gasteiger partial charge in [-0.2, -0.15) is 4.84 Å². The molecule has 0 aliphatic heterocycles. The summed E-state index contributed by atoms with van der Waals surface area (Å²) in [6.07, 6.45) is -0.950. The third-order valence-electron chi connectivity index (χ3n) is 2.08. The molecule has 0 aliphatic carbocycles. The minimum absolute atomic E-state index is 0.00415. The van der Waals surface area contributed by atoms with Crippen LogP contribution in [0.3, 0.4) is 0 Å². The first-order valence-corrected chi connectivity index (χ1v) is 7.17. The summed E-state index contributed by atoms with van der Waals surface area (Å²) in [7, 11) is 0. The van der Waals surface area contributed by atoms with Crippen molar-refractivity contribution in [2.24, 2.45) is 0 Å². The molecule has 0 spiro atoms. The molecule has 0 fully saturated rings. The number of esters is 1. The van der Waals surface area contributed by atoms with Gasteiger partial charge in [0, 0.05) is 12.7 Å². The van der Waals surface area contributed by atoms with Crippen LogP contribution in [0.15, 0.2) is 0 Å². The summed E-state index contributed by atoms with van der Waals surface area (Å²) in [5.41, 5.74) is 0. The van der Waals surface area contributed by atoms with Gasteiger partial charge >= 0.3 is 11.1 Å². The van der Waals surface area contributed by atoms with Gasteiger partial charge in [-0.3, -0.25) is 9.59 Å². The van der Waals surface area contributed by atoms with Crippen molar-refractivity contribution in [3.63, 3.8) is 0 Å². The second-order valence-corrected chi connectivity index (χ2v) is 5.12. The van der Waals surface area contributed by atoms with E-state index in [-0.39, 0.29) is 23.9 Å². The third-order valence-corrected chi connectivity index (χ3v) is 3.07. The van der Waals surface area contributed by atoms with Gasteiger partial charge in [-0.15, -0.1) is 0 Å². The van der Waals surface area contributed by atoms with E-state index >= 15 is 0 Å². The zero-order valence-corrected chi connectivity index (χ0v) is 12.8. The summed E-state index contributed by atoms with van der Waals surface area (Å²) >= 11 is 0.799. The molecule has 21 heavy (non-hydrogen) atoms. The van der Waals surface area contributed by atoms with Gasteiger partial charge in [0.1, 0.15) is 10.9 Å². The maximum absolute atomic E-state index is 11.6. The van der Waals surface area contributed by atoms with Gasteiger partial charge < -0.3 is 10.1 Å². The molecule has 2 atom stereocenters. The molecule has 120 valence electrons. The fourth-order valence-corrected chi connectivity index (χ4v) is 2.24. The molecule has 0 saturated carbocycles. The Morgan fingerprint density at radius 2 is 2.00 bits per heavy atom. The van der Waals surface area contributed by atoms with Gasteiger partial charge in [0.2, 0.25) is 5.91 Å². The first-order valence-electron chi connectivity index (χ1n) is 6.18. The third kappa shape index (κ3) is 9.66. The number of carbonyl (C=O) groups is 3. The summed E-state index contributed by atoms with van der Waals surface area (Å²) in [5, 5.41) is 9.62. The minimum Gasteiger partial charge on any atom is -0.464 e. The SMILES string of the molecule is CCOC(=O)[C@H](CSC(=O)C[C@H](C)O[N+](=O)O)NC(C)=O. The quantitative estimate of drug-likeness (QED) is 0.455. The van der Waals surface area contributed by atoms with Crippen LogP contribution in [0.1, 0.15) is 27.2 Å². The zero-order valence-electron chi connectivity index (χ0n) is 12.0. The van der Waals surface area contributed by atoms with Crippen molar-refractivity contribution >= 4 is 28.8 Å². The number of nitrogens with one attached hydrogen (secondary N) is 1. The second-order valence-electron chi connectivity index (χ2n) is 4.05. The summed E-state index contributed by atoms with van der Waals surface area (Å²) in [6, 6.07) is -0.929. The van der Waals surface area contributed by atoms with E-state index in [1.165, 1.54) is 13.8 Å². The summed E-state index contributed by atoms with van der Waals surface area (Å²) in [5.74, 6) is -1.04. The van der Waals surface area contributed by atoms with Crippen LogP contribution in [-0.4, -0.2) is 51.8 Å². The van der Waals surface area contributed by atoms with Gasteiger partial charge in [-0.05, 0) is 13.8 Å². The maximum atomic E-state index is 11.6. The molecule has 10 heteroatoms.